The van der Waals surface area contributed by atoms with E-state index < -0.39 is 5.91 Å². The Morgan fingerprint density at radius 2 is 2.28 bits per heavy atom. The second-order valence-electron chi connectivity index (χ2n) is 4.92. The number of rotatable bonds is 3. The zero-order valence-corrected chi connectivity index (χ0v) is 11.4. The van der Waals surface area contributed by atoms with Crippen molar-refractivity contribution in [1.82, 2.24) is 4.90 Å². The first-order valence-electron chi connectivity index (χ1n) is 6.03. The number of hydrogen-bond acceptors (Lipinski definition) is 3. The Kier molecular flexibility index (Phi) is 3.78. The molecular formula is C13H18ClN3O. The number of carbonyl (C=O) groups excluding carboxylic acids is 1. The Bertz CT molecular complexity index is 454. The van der Waals surface area contributed by atoms with Gasteiger partial charge < -0.3 is 16.0 Å². The lowest BCUT2D eigenvalue weighted by atomic mass is 10.1. The zero-order chi connectivity index (χ0) is 13.3. The molecule has 1 aliphatic heterocycles. The van der Waals surface area contributed by atoms with Gasteiger partial charge in [-0.3, -0.25) is 4.79 Å². The summed E-state index contributed by atoms with van der Waals surface area (Å²) in [5, 5.41) is 3.83. The van der Waals surface area contributed by atoms with Crippen molar-refractivity contribution >= 4 is 23.2 Å². The first kappa shape index (κ1) is 13.2. The molecule has 98 valence electrons. The molecular weight excluding hydrogens is 250 g/mol. The number of benzene rings is 1. The Labute approximate surface area is 112 Å². The van der Waals surface area contributed by atoms with E-state index in [1.165, 1.54) is 0 Å². The van der Waals surface area contributed by atoms with Gasteiger partial charge >= 0.3 is 0 Å². The minimum Gasteiger partial charge on any atom is -0.381 e. The van der Waals surface area contributed by atoms with Gasteiger partial charge in [0.05, 0.1) is 10.6 Å². The molecule has 0 aromatic heterocycles. The van der Waals surface area contributed by atoms with Crippen molar-refractivity contribution in [2.24, 2.45) is 5.73 Å². The number of primary amides is 1. The standard InChI is InChI=1S/C13H18ClN3O/c1-8-5-10(7-17(8)2)16-9-3-4-11(13(15)18)12(14)6-9/h3-4,6,8,10,16H,5,7H2,1-2H3,(H2,15,18). The summed E-state index contributed by atoms with van der Waals surface area (Å²) in [4.78, 5) is 13.4. The molecule has 1 saturated heterocycles. The smallest absolute Gasteiger partial charge is 0.250 e. The molecule has 0 radical (unpaired) electrons. The highest BCUT2D eigenvalue weighted by molar-refractivity contribution is 6.34. The fourth-order valence-corrected chi connectivity index (χ4v) is 2.61. The van der Waals surface area contributed by atoms with Crippen LogP contribution in [0, 0.1) is 0 Å². The van der Waals surface area contributed by atoms with Crippen LogP contribution >= 0.6 is 11.6 Å². The zero-order valence-electron chi connectivity index (χ0n) is 10.6. The van der Waals surface area contributed by atoms with Gasteiger partial charge in [-0.25, -0.2) is 0 Å². The van der Waals surface area contributed by atoms with Crippen LogP contribution < -0.4 is 11.1 Å². The molecule has 3 N–H and O–H groups in total. The third-order valence-electron chi connectivity index (χ3n) is 3.49. The Hall–Kier alpha value is -1.26. The molecule has 0 spiro atoms. The Morgan fingerprint density at radius 3 is 2.78 bits per heavy atom. The van der Waals surface area contributed by atoms with Gasteiger partial charge in [0.25, 0.3) is 0 Å². The van der Waals surface area contributed by atoms with Gasteiger partial charge in [-0.2, -0.15) is 0 Å². The molecule has 1 aromatic rings. The third kappa shape index (κ3) is 2.76. The number of likely N-dealkylation sites (tertiary alicyclic amines) is 1. The van der Waals surface area contributed by atoms with Crippen LogP contribution in [-0.2, 0) is 0 Å². The van der Waals surface area contributed by atoms with Gasteiger partial charge in [0.2, 0.25) is 5.91 Å². The van der Waals surface area contributed by atoms with Crippen LogP contribution in [0.2, 0.25) is 5.02 Å². The summed E-state index contributed by atoms with van der Waals surface area (Å²) in [5.74, 6) is -0.499. The molecule has 0 saturated carbocycles. The molecule has 1 fully saturated rings. The third-order valence-corrected chi connectivity index (χ3v) is 3.80. The predicted octanol–water partition coefficient (Wildman–Crippen LogP) is 1.94. The molecule has 18 heavy (non-hydrogen) atoms. The fraction of sp³-hybridized carbons (Fsp3) is 0.462. The van der Waals surface area contributed by atoms with Crippen LogP contribution in [0.15, 0.2) is 18.2 Å². The fourth-order valence-electron chi connectivity index (χ4n) is 2.34. The molecule has 2 atom stereocenters. The first-order valence-corrected chi connectivity index (χ1v) is 6.41. The lowest BCUT2D eigenvalue weighted by Gasteiger charge is -2.15. The molecule has 2 rings (SSSR count). The summed E-state index contributed by atoms with van der Waals surface area (Å²) in [7, 11) is 2.12. The lowest BCUT2D eigenvalue weighted by molar-refractivity contribution is 0.100. The summed E-state index contributed by atoms with van der Waals surface area (Å²) in [6.07, 6.45) is 1.10. The monoisotopic (exact) mass is 267 g/mol. The van der Waals surface area contributed by atoms with Crippen molar-refractivity contribution < 1.29 is 4.79 Å². The van der Waals surface area contributed by atoms with E-state index in [0.29, 0.717) is 22.7 Å². The molecule has 5 heteroatoms. The second kappa shape index (κ2) is 5.16. The van der Waals surface area contributed by atoms with E-state index in [1.54, 1.807) is 12.1 Å². The molecule has 1 aromatic carbocycles. The van der Waals surface area contributed by atoms with E-state index in [1.807, 2.05) is 6.07 Å². The predicted molar refractivity (Wildman–Crippen MR) is 74.1 cm³/mol. The number of carbonyl (C=O) groups is 1. The summed E-state index contributed by atoms with van der Waals surface area (Å²) in [6.45, 7) is 3.22. The number of nitrogens with two attached hydrogens (primary N) is 1. The minimum atomic E-state index is -0.499. The van der Waals surface area contributed by atoms with Crippen molar-refractivity contribution in [3.63, 3.8) is 0 Å². The van der Waals surface area contributed by atoms with Gasteiger partial charge in [0.1, 0.15) is 0 Å². The Balaban J connectivity index is 2.07. The number of amides is 1. The first-order chi connectivity index (χ1) is 8.47. The van der Waals surface area contributed by atoms with Gasteiger partial charge in [-0.15, -0.1) is 0 Å². The van der Waals surface area contributed by atoms with Crippen LogP contribution in [0.5, 0.6) is 0 Å². The van der Waals surface area contributed by atoms with Crippen LogP contribution in [0.3, 0.4) is 0 Å². The van der Waals surface area contributed by atoms with Crippen molar-refractivity contribution in [1.29, 1.82) is 0 Å². The van der Waals surface area contributed by atoms with Crippen molar-refractivity contribution in [2.75, 3.05) is 18.9 Å². The molecule has 1 amide bonds. The number of hydrogen-bond donors (Lipinski definition) is 2. The summed E-state index contributed by atoms with van der Waals surface area (Å²) >= 11 is 6.02. The normalized spacial score (nSPS) is 24.2. The highest BCUT2D eigenvalue weighted by Gasteiger charge is 2.25. The number of likely N-dealkylation sites (N-methyl/N-ethyl adjacent to an activating group) is 1. The van der Waals surface area contributed by atoms with E-state index in [4.69, 9.17) is 17.3 Å². The molecule has 1 aliphatic rings. The van der Waals surface area contributed by atoms with Crippen molar-refractivity contribution in [3.05, 3.63) is 28.8 Å². The molecule has 2 unspecified atom stereocenters. The summed E-state index contributed by atoms with van der Waals surface area (Å²) < 4.78 is 0. The molecule has 0 bridgehead atoms. The SMILES string of the molecule is CC1CC(Nc2ccc(C(N)=O)c(Cl)c2)CN1C. The maximum absolute atomic E-state index is 11.1. The van der Waals surface area contributed by atoms with E-state index in [0.717, 1.165) is 18.7 Å². The lowest BCUT2D eigenvalue weighted by Crippen LogP contribution is -2.24. The van der Waals surface area contributed by atoms with Gasteiger partial charge in [0, 0.05) is 24.3 Å². The second-order valence-corrected chi connectivity index (χ2v) is 5.33. The maximum atomic E-state index is 11.1. The Morgan fingerprint density at radius 1 is 1.56 bits per heavy atom. The maximum Gasteiger partial charge on any atom is 0.250 e. The quantitative estimate of drug-likeness (QED) is 0.880. The van der Waals surface area contributed by atoms with Gasteiger partial charge in [-0.1, -0.05) is 11.6 Å². The van der Waals surface area contributed by atoms with Crippen LogP contribution in [0.1, 0.15) is 23.7 Å². The van der Waals surface area contributed by atoms with Gasteiger partial charge in [0.15, 0.2) is 0 Å². The topological polar surface area (TPSA) is 58.4 Å². The summed E-state index contributed by atoms with van der Waals surface area (Å²) in [6, 6.07) is 6.26. The largest absolute Gasteiger partial charge is 0.381 e. The number of nitrogens with one attached hydrogen (secondary N) is 1. The molecule has 1 heterocycles. The number of halogens is 1. The molecule has 4 nitrogen and oxygen atoms in total. The number of anilines is 1. The average Bonchev–Trinajstić information content (AvgIpc) is 2.57. The van der Waals surface area contributed by atoms with E-state index >= 15 is 0 Å². The summed E-state index contributed by atoms with van der Waals surface area (Å²) in [5.41, 5.74) is 6.50. The van der Waals surface area contributed by atoms with E-state index in [9.17, 15) is 4.79 Å². The van der Waals surface area contributed by atoms with E-state index in [-0.39, 0.29) is 0 Å². The van der Waals surface area contributed by atoms with Crippen LogP contribution in [0.4, 0.5) is 5.69 Å². The van der Waals surface area contributed by atoms with E-state index in [2.05, 4.69) is 24.2 Å². The molecule has 0 aliphatic carbocycles. The van der Waals surface area contributed by atoms with Crippen molar-refractivity contribution in [2.45, 2.75) is 25.4 Å². The van der Waals surface area contributed by atoms with Crippen molar-refractivity contribution in [3.8, 4) is 0 Å². The van der Waals surface area contributed by atoms with Crippen LogP contribution in [-0.4, -0.2) is 36.5 Å². The minimum absolute atomic E-state index is 0.360. The highest BCUT2D eigenvalue weighted by Crippen LogP contribution is 2.24. The highest BCUT2D eigenvalue weighted by atomic mass is 35.5. The van der Waals surface area contributed by atoms with Gasteiger partial charge in [-0.05, 0) is 38.6 Å². The average molecular weight is 268 g/mol. The van der Waals surface area contributed by atoms with Crippen LogP contribution in [0.25, 0.3) is 0 Å². The number of nitrogens with zero attached hydrogens (tertiary/aromatic N) is 1.